The maximum atomic E-state index is 4.30. The number of nitrogens with zero attached hydrogens (tertiary/aromatic N) is 2. The van der Waals surface area contributed by atoms with Gasteiger partial charge in [0.2, 0.25) is 0 Å². The number of aryl methyl sites for hydroxylation is 1. The molecule has 0 amide bonds. The van der Waals surface area contributed by atoms with Crippen LogP contribution >= 0.6 is 0 Å². The first-order chi connectivity index (χ1) is 8.31. The first-order valence-corrected chi connectivity index (χ1v) is 5.80. The Morgan fingerprint density at radius 3 is 2.47 bits per heavy atom. The Labute approximate surface area is 102 Å². The molecule has 0 aliphatic rings. The molecule has 0 fully saturated rings. The second-order valence-corrected chi connectivity index (χ2v) is 4.08. The molecule has 0 spiro atoms. The van der Waals surface area contributed by atoms with Crippen LogP contribution in [-0.4, -0.2) is 17.0 Å². The molecule has 2 rings (SSSR count). The van der Waals surface area contributed by atoms with Crippen LogP contribution in [0.1, 0.15) is 23.0 Å². The van der Waals surface area contributed by atoms with Gasteiger partial charge in [0.1, 0.15) is 5.82 Å². The van der Waals surface area contributed by atoms with Crippen LogP contribution in [0.4, 0.5) is 0 Å². The highest BCUT2D eigenvalue weighted by Gasteiger charge is 2.13. The highest BCUT2D eigenvalue weighted by molar-refractivity contribution is 5.27. The van der Waals surface area contributed by atoms with E-state index in [1.54, 1.807) is 12.4 Å². The third-order valence-electron chi connectivity index (χ3n) is 2.93. The molecule has 88 valence electrons. The summed E-state index contributed by atoms with van der Waals surface area (Å²) in [5.41, 5.74) is 2.64. The molecule has 1 atom stereocenters. The van der Waals surface area contributed by atoms with Crippen LogP contribution < -0.4 is 5.32 Å². The van der Waals surface area contributed by atoms with Gasteiger partial charge in [-0.2, -0.15) is 0 Å². The van der Waals surface area contributed by atoms with Crippen molar-refractivity contribution in [1.29, 1.82) is 0 Å². The van der Waals surface area contributed by atoms with Crippen LogP contribution in [-0.2, 0) is 6.42 Å². The highest BCUT2D eigenvalue weighted by Crippen LogP contribution is 2.16. The minimum Gasteiger partial charge on any atom is -0.310 e. The molecular weight excluding hydrogens is 210 g/mol. The molecule has 0 radical (unpaired) electrons. The van der Waals surface area contributed by atoms with Gasteiger partial charge in [0.05, 0.1) is 6.04 Å². The van der Waals surface area contributed by atoms with E-state index in [1.807, 2.05) is 13.1 Å². The second-order valence-electron chi connectivity index (χ2n) is 4.08. The molecule has 1 heterocycles. The molecule has 1 unspecified atom stereocenters. The summed E-state index contributed by atoms with van der Waals surface area (Å²) in [6.45, 7) is 2.13. The van der Waals surface area contributed by atoms with E-state index in [1.165, 1.54) is 11.1 Å². The van der Waals surface area contributed by atoms with Gasteiger partial charge in [0.25, 0.3) is 0 Å². The van der Waals surface area contributed by atoms with Crippen molar-refractivity contribution >= 4 is 0 Å². The van der Waals surface area contributed by atoms with Crippen molar-refractivity contribution in [2.45, 2.75) is 19.4 Å². The molecule has 1 aromatic heterocycles. The fourth-order valence-electron chi connectivity index (χ4n) is 1.87. The number of nitrogens with one attached hydrogen (secondary N) is 1. The zero-order valence-corrected chi connectivity index (χ0v) is 10.2. The highest BCUT2D eigenvalue weighted by atomic mass is 15.0. The van der Waals surface area contributed by atoms with Gasteiger partial charge in [0.15, 0.2) is 0 Å². The van der Waals surface area contributed by atoms with Gasteiger partial charge in [-0.05, 0) is 37.6 Å². The molecule has 0 bridgehead atoms. The van der Waals surface area contributed by atoms with E-state index in [0.29, 0.717) is 0 Å². The van der Waals surface area contributed by atoms with Crippen molar-refractivity contribution < 1.29 is 0 Å². The van der Waals surface area contributed by atoms with E-state index in [9.17, 15) is 0 Å². The lowest BCUT2D eigenvalue weighted by Gasteiger charge is -2.15. The lowest BCUT2D eigenvalue weighted by Crippen LogP contribution is -2.21. The lowest BCUT2D eigenvalue weighted by atomic mass is 10.0. The van der Waals surface area contributed by atoms with E-state index in [-0.39, 0.29) is 6.04 Å². The summed E-state index contributed by atoms with van der Waals surface area (Å²) >= 11 is 0. The first-order valence-electron chi connectivity index (χ1n) is 5.80. The van der Waals surface area contributed by atoms with Gasteiger partial charge >= 0.3 is 0 Å². The Hall–Kier alpha value is -1.74. The number of hydrogen-bond acceptors (Lipinski definition) is 3. The number of rotatable bonds is 4. The SMILES string of the molecule is CNC(Cc1ccccc1C)c1ncccn1. The normalized spacial score (nSPS) is 12.4. The third kappa shape index (κ3) is 2.88. The average Bonchev–Trinajstić information content (AvgIpc) is 2.39. The zero-order valence-electron chi connectivity index (χ0n) is 10.2. The van der Waals surface area contributed by atoms with E-state index in [2.05, 4.69) is 46.5 Å². The van der Waals surface area contributed by atoms with E-state index in [0.717, 1.165) is 12.2 Å². The summed E-state index contributed by atoms with van der Waals surface area (Å²) in [5.74, 6) is 0.846. The van der Waals surface area contributed by atoms with E-state index < -0.39 is 0 Å². The van der Waals surface area contributed by atoms with E-state index >= 15 is 0 Å². The lowest BCUT2D eigenvalue weighted by molar-refractivity contribution is 0.556. The Bertz CT molecular complexity index is 468. The second kappa shape index (κ2) is 5.55. The maximum absolute atomic E-state index is 4.30. The van der Waals surface area contributed by atoms with Crippen molar-refractivity contribution in [3.63, 3.8) is 0 Å². The fraction of sp³-hybridized carbons (Fsp3) is 0.286. The first kappa shape index (κ1) is 11.7. The van der Waals surface area contributed by atoms with Crippen molar-refractivity contribution in [2.75, 3.05) is 7.05 Å². The van der Waals surface area contributed by atoms with Crippen LogP contribution in [0.15, 0.2) is 42.7 Å². The Morgan fingerprint density at radius 1 is 1.12 bits per heavy atom. The molecule has 0 saturated carbocycles. The van der Waals surface area contributed by atoms with Crippen molar-refractivity contribution in [2.24, 2.45) is 0 Å². The van der Waals surface area contributed by atoms with Crippen molar-refractivity contribution in [3.8, 4) is 0 Å². The van der Waals surface area contributed by atoms with E-state index in [4.69, 9.17) is 0 Å². The fourth-order valence-corrected chi connectivity index (χ4v) is 1.87. The summed E-state index contributed by atoms with van der Waals surface area (Å²) in [4.78, 5) is 8.60. The molecule has 0 aliphatic carbocycles. The molecule has 3 heteroatoms. The van der Waals surface area contributed by atoms with Gasteiger partial charge < -0.3 is 5.32 Å². The smallest absolute Gasteiger partial charge is 0.145 e. The molecule has 17 heavy (non-hydrogen) atoms. The standard InChI is InChI=1S/C14H17N3/c1-11-6-3-4-7-12(11)10-13(15-2)14-16-8-5-9-17-14/h3-9,13,15H,10H2,1-2H3. The van der Waals surface area contributed by atoms with Crippen molar-refractivity contribution in [1.82, 2.24) is 15.3 Å². The third-order valence-corrected chi connectivity index (χ3v) is 2.93. The van der Waals surface area contributed by atoms with Gasteiger partial charge in [-0.3, -0.25) is 0 Å². The number of benzene rings is 1. The van der Waals surface area contributed by atoms with Crippen LogP contribution in [0.2, 0.25) is 0 Å². The predicted molar refractivity (Wildman–Crippen MR) is 68.7 cm³/mol. The molecule has 1 aromatic carbocycles. The average molecular weight is 227 g/mol. The maximum Gasteiger partial charge on any atom is 0.145 e. The summed E-state index contributed by atoms with van der Waals surface area (Å²) in [6, 6.07) is 10.4. The van der Waals surface area contributed by atoms with Gasteiger partial charge in [-0.15, -0.1) is 0 Å². The number of hydrogen-bond donors (Lipinski definition) is 1. The molecule has 3 nitrogen and oxygen atoms in total. The summed E-state index contributed by atoms with van der Waals surface area (Å²) in [5, 5.41) is 3.27. The molecule has 2 aromatic rings. The quantitative estimate of drug-likeness (QED) is 0.870. The van der Waals surface area contributed by atoms with Gasteiger partial charge in [-0.25, -0.2) is 9.97 Å². The Morgan fingerprint density at radius 2 is 1.82 bits per heavy atom. The molecule has 1 N–H and O–H groups in total. The largest absolute Gasteiger partial charge is 0.310 e. The molecular formula is C14H17N3. The Kier molecular flexibility index (Phi) is 3.83. The zero-order chi connectivity index (χ0) is 12.1. The number of likely N-dealkylation sites (N-methyl/N-ethyl adjacent to an activating group) is 1. The summed E-state index contributed by atoms with van der Waals surface area (Å²) < 4.78 is 0. The topological polar surface area (TPSA) is 37.8 Å². The van der Waals surface area contributed by atoms with Crippen LogP contribution in [0.3, 0.4) is 0 Å². The molecule has 0 aliphatic heterocycles. The van der Waals surface area contributed by atoms with Crippen molar-refractivity contribution in [3.05, 3.63) is 59.7 Å². The van der Waals surface area contributed by atoms with Gasteiger partial charge in [-0.1, -0.05) is 24.3 Å². The van der Waals surface area contributed by atoms with Crippen LogP contribution in [0.25, 0.3) is 0 Å². The Balaban J connectivity index is 2.19. The monoisotopic (exact) mass is 227 g/mol. The minimum atomic E-state index is 0.164. The number of aromatic nitrogens is 2. The summed E-state index contributed by atoms with van der Waals surface area (Å²) in [7, 11) is 1.94. The van der Waals surface area contributed by atoms with Gasteiger partial charge in [0, 0.05) is 12.4 Å². The molecule has 0 saturated heterocycles. The summed E-state index contributed by atoms with van der Waals surface area (Å²) in [6.07, 6.45) is 4.47. The minimum absolute atomic E-state index is 0.164. The van der Waals surface area contributed by atoms with Crippen LogP contribution in [0.5, 0.6) is 0 Å². The predicted octanol–water partition coefficient (Wildman–Crippen LogP) is 2.29. The van der Waals surface area contributed by atoms with Crippen LogP contribution in [0, 0.1) is 6.92 Å².